The van der Waals surface area contributed by atoms with Gasteiger partial charge in [0.05, 0.1) is 12.2 Å². The zero-order valence-corrected chi connectivity index (χ0v) is 13.2. The summed E-state index contributed by atoms with van der Waals surface area (Å²) in [5.41, 5.74) is 0.753. The molecule has 1 aromatic carbocycles. The lowest BCUT2D eigenvalue weighted by molar-refractivity contribution is -0.157. The van der Waals surface area contributed by atoms with E-state index >= 15 is 0 Å². The van der Waals surface area contributed by atoms with Gasteiger partial charge in [-0.25, -0.2) is 0 Å². The molecule has 0 radical (unpaired) electrons. The molecule has 7 heteroatoms. The number of carbonyl (C=O) groups excluding carboxylic acids is 1. The number of rotatable bonds is 6. The lowest BCUT2D eigenvalue weighted by Crippen LogP contribution is -2.40. The molecular formula is C17H18F3NO3. The topological polar surface area (TPSA) is 38.8 Å². The summed E-state index contributed by atoms with van der Waals surface area (Å²) >= 11 is 0. The summed E-state index contributed by atoms with van der Waals surface area (Å²) in [6, 6.07) is 5.12. The van der Waals surface area contributed by atoms with E-state index in [0.717, 1.165) is 0 Å². The molecule has 0 unspecified atom stereocenters. The first-order valence-corrected chi connectivity index (χ1v) is 7.41. The Labute approximate surface area is 138 Å². The van der Waals surface area contributed by atoms with E-state index in [1.807, 2.05) is 6.92 Å². The highest BCUT2D eigenvalue weighted by atomic mass is 19.4. The van der Waals surface area contributed by atoms with Gasteiger partial charge in [-0.3, -0.25) is 4.79 Å². The maximum atomic E-state index is 12.6. The minimum Gasteiger partial charge on any atom is -0.494 e. The van der Waals surface area contributed by atoms with Crippen molar-refractivity contribution in [1.29, 1.82) is 0 Å². The van der Waals surface area contributed by atoms with Crippen molar-refractivity contribution in [2.24, 2.45) is 0 Å². The summed E-state index contributed by atoms with van der Waals surface area (Å²) < 4.78 is 48.8. The minimum absolute atomic E-state index is 0.0781. The van der Waals surface area contributed by atoms with E-state index < -0.39 is 18.6 Å². The van der Waals surface area contributed by atoms with Gasteiger partial charge in [0.25, 0.3) is 5.91 Å². The van der Waals surface area contributed by atoms with Crippen molar-refractivity contribution in [3.05, 3.63) is 42.0 Å². The summed E-state index contributed by atoms with van der Waals surface area (Å²) in [4.78, 5) is 13.1. The molecule has 1 aromatic rings. The van der Waals surface area contributed by atoms with Crippen LogP contribution in [-0.2, 0) is 4.79 Å². The van der Waals surface area contributed by atoms with Gasteiger partial charge < -0.3 is 14.4 Å². The monoisotopic (exact) mass is 341 g/mol. The fraction of sp³-hybridized carbons (Fsp3) is 0.353. The Balaban J connectivity index is 2.25. The molecule has 24 heavy (non-hydrogen) atoms. The number of fused-ring (bicyclic) bond motifs is 1. The summed E-state index contributed by atoms with van der Waals surface area (Å²) in [7, 11) is 0. The van der Waals surface area contributed by atoms with E-state index in [1.165, 1.54) is 12.2 Å². The zero-order valence-electron chi connectivity index (χ0n) is 13.2. The number of ether oxygens (including phenoxy) is 2. The fourth-order valence-electron chi connectivity index (χ4n) is 2.33. The molecule has 4 nitrogen and oxygen atoms in total. The minimum atomic E-state index is -4.48. The van der Waals surface area contributed by atoms with Crippen molar-refractivity contribution in [1.82, 2.24) is 4.90 Å². The second kappa shape index (κ2) is 7.42. The van der Waals surface area contributed by atoms with Crippen molar-refractivity contribution in [3.63, 3.8) is 0 Å². The molecule has 0 bridgehead atoms. The van der Waals surface area contributed by atoms with Gasteiger partial charge >= 0.3 is 6.18 Å². The van der Waals surface area contributed by atoms with Crippen LogP contribution in [0.1, 0.15) is 12.5 Å². The van der Waals surface area contributed by atoms with Crippen LogP contribution in [-0.4, -0.2) is 43.3 Å². The van der Waals surface area contributed by atoms with Crippen molar-refractivity contribution in [2.75, 3.05) is 26.3 Å². The predicted octanol–water partition coefficient (Wildman–Crippen LogP) is 3.44. The number of amides is 1. The van der Waals surface area contributed by atoms with Gasteiger partial charge in [0, 0.05) is 12.1 Å². The number of hydrogen-bond acceptors (Lipinski definition) is 3. The van der Waals surface area contributed by atoms with Gasteiger partial charge in [0.2, 0.25) is 0 Å². The van der Waals surface area contributed by atoms with E-state index in [4.69, 9.17) is 9.47 Å². The molecule has 130 valence electrons. The van der Waals surface area contributed by atoms with E-state index in [9.17, 15) is 18.0 Å². The lowest BCUT2D eigenvalue weighted by atomic mass is 10.1. The second-order valence-corrected chi connectivity index (χ2v) is 5.18. The van der Waals surface area contributed by atoms with Crippen LogP contribution in [0.3, 0.4) is 0 Å². The predicted molar refractivity (Wildman–Crippen MR) is 83.9 cm³/mol. The van der Waals surface area contributed by atoms with Gasteiger partial charge in [0.15, 0.2) is 0 Å². The van der Waals surface area contributed by atoms with Crippen LogP contribution in [0.4, 0.5) is 13.2 Å². The van der Waals surface area contributed by atoms with E-state index in [0.29, 0.717) is 28.6 Å². The van der Waals surface area contributed by atoms with Crippen LogP contribution >= 0.6 is 0 Å². The molecular weight excluding hydrogens is 323 g/mol. The average Bonchev–Trinajstić information content (AvgIpc) is 2.52. The fourth-order valence-corrected chi connectivity index (χ4v) is 2.33. The number of hydrogen-bond donors (Lipinski definition) is 0. The molecule has 0 saturated carbocycles. The van der Waals surface area contributed by atoms with Crippen LogP contribution in [0, 0.1) is 0 Å². The Morgan fingerprint density at radius 3 is 2.83 bits per heavy atom. The molecule has 1 aliphatic rings. The number of nitrogens with zero attached hydrogens (tertiary/aromatic N) is 1. The largest absolute Gasteiger partial charge is 0.494 e. The molecule has 0 N–H and O–H groups in total. The van der Waals surface area contributed by atoms with Crippen LogP contribution in [0.2, 0.25) is 0 Å². The number of carbonyl (C=O) groups is 1. The average molecular weight is 341 g/mol. The Bertz CT molecular complexity index is 653. The second-order valence-electron chi connectivity index (χ2n) is 5.18. The molecule has 0 aliphatic carbocycles. The van der Waals surface area contributed by atoms with Crippen LogP contribution < -0.4 is 9.47 Å². The first kappa shape index (κ1) is 17.9. The van der Waals surface area contributed by atoms with E-state index in [1.54, 1.807) is 18.2 Å². The molecule has 1 heterocycles. The first-order valence-electron chi connectivity index (χ1n) is 7.41. The third-order valence-corrected chi connectivity index (χ3v) is 3.29. The molecule has 2 rings (SSSR count). The lowest BCUT2D eigenvalue weighted by Gasteiger charge is -2.25. The van der Waals surface area contributed by atoms with Gasteiger partial charge in [-0.2, -0.15) is 13.2 Å². The van der Waals surface area contributed by atoms with Gasteiger partial charge in [-0.1, -0.05) is 6.08 Å². The third-order valence-electron chi connectivity index (χ3n) is 3.29. The molecule has 0 aromatic heterocycles. The molecule has 0 saturated heterocycles. The Morgan fingerprint density at radius 1 is 1.46 bits per heavy atom. The summed E-state index contributed by atoms with van der Waals surface area (Å²) in [6.45, 7) is 4.11. The number of benzene rings is 1. The van der Waals surface area contributed by atoms with Crippen molar-refractivity contribution in [2.45, 2.75) is 13.1 Å². The molecule has 1 amide bonds. The van der Waals surface area contributed by atoms with Crippen LogP contribution in [0.5, 0.6) is 11.5 Å². The molecule has 0 fully saturated rings. The smallest absolute Gasteiger partial charge is 0.406 e. The highest BCUT2D eigenvalue weighted by molar-refractivity contribution is 5.99. The van der Waals surface area contributed by atoms with Gasteiger partial charge in [-0.15, -0.1) is 6.58 Å². The highest BCUT2D eigenvalue weighted by Gasteiger charge is 2.34. The standard InChI is InChI=1S/C17H18F3NO3/c1-3-7-21(11-17(18,19)20)16(22)13-8-12-9-14(23-4-2)5-6-15(12)24-10-13/h3,5-6,8-9H,1,4,7,10-11H2,2H3. The molecule has 1 aliphatic heterocycles. The van der Waals surface area contributed by atoms with E-state index in [-0.39, 0.29) is 18.7 Å². The van der Waals surface area contributed by atoms with Crippen molar-refractivity contribution in [3.8, 4) is 11.5 Å². The number of alkyl halides is 3. The maximum absolute atomic E-state index is 12.6. The van der Waals surface area contributed by atoms with Crippen LogP contribution in [0.25, 0.3) is 6.08 Å². The van der Waals surface area contributed by atoms with Gasteiger partial charge in [-0.05, 0) is 31.2 Å². The summed E-state index contributed by atoms with van der Waals surface area (Å²) in [5, 5.41) is 0. The van der Waals surface area contributed by atoms with Crippen LogP contribution in [0.15, 0.2) is 36.4 Å². The SMILES string of the molecule is C=CCN(CC(F)(F)F)C(=O)C1=Cc2cc(OCC)ccc2OC1. The zero-order chi connectivity index (χ0) is 17.7. The number of halogens is 3. The molecule has 0 atom stereocenters. The van der Waals surface area contributed by atoms with Gasteiger partial charge in [0.1, 0.15) is 24.7 Å². The Hall–Kier alpha value is -2.44. The Kier molecular flexibility index (Phi) is 5.54. The highest BCUT2D eigenvalue weighted by Crippen LogP contribution is 2.31. The first-order chi connectivity index (χ1) is 11.3. The van der Waals surface area contributed by atoms with E-state index in [2.05, 4.69) is 6.58 Å². The quantitative estimate of drug-likeness (QED) is 0.744. The van der Waals surface area contributed by atoms with Crippen molar-refractivity contribution < 1.29 is 27.4 Å². The molecule has 0 spiro atoms. The summed E-state index contributed by atoms with van der Waals surface area (Å²) in [6.07, 6.45) is -1.68. The normalized spacial score (nSPS) is 13.4. The summed E-state index contributed by atoms with van der Waals surface area (Å²) in [5.74, 6) is 0.434. The Morgan fingerprint density at radius 2 is 2.21 bits per heavy atom. The van der Waals surface area contributed by atoms with Crippen molar-refractivity contribution >= 4 is 12.0 Å². The maximum Gasteiger partial charge on any atom is 0.406 e. The third kappa shape index (κ3) is 4.53.